The van der Waals surface area contributed by atoms with Gasteiger partial charge in [-0.25, -0.2) is 4.98 Å². The van der Waals surface area contributed by atoms with Gasteiger partial charge in [0.2, 0.25) is 0 Å². The van der Waals surface area contributed by atoms with Crippen molar-refractivity contribution in [1.82, 2.24) is 9.38 Å². The monoisotopic (exact) mass is 253 g/mol. The van der Waals surface area contributed by atoms with Gasteiger partial charge >= 0.3 is 0 Å². The fraction of sp³-hybridized carbons (Fsp3) is 0.300. The van der Waals surface area contributed by atoms with E-state index in [-0.39, 0.29) is 0 Å². The first kappa shape index (κ1) is 9.68. The molecule has 4 heteroatoms. The Bertz CT molecular complexity index is 462. The Kier molecular flexibility index (Phi) is 2.56. The topological polar surface area (TPSA) is 43.3 Å². The molecule has 2 aromatic heterocycles. The lowest BCUT2D eigenvalue weighted by Gasteiger charge is -2.01. The molecule has 0 fully saturated rings. The summed E-state index contributed by atoms with van der Waals surface area (Å²) in [5.41, 5.74) is 8.76. The zero-order chi connectivity index (χ0) is 10.1. The van der Waals surface area contributed by atoms with Crippen molar-refractivity contribution in [3.63, 3.8) is 0 Å². The van der Waals surface area contributed by atoms with Gasteiger partial charge in [-0.2, -0.15) is 0 Å². The lowest BCUT2D eigenvalue weighted by atomic mass is 10.2. The number of halogens is 1. The molecule has 0 aliphatic rings. The van der Waals surface area contributed by atoms with Gasteiger partial charge in [-0.15, -0.1) is 0 Å². The number of imidazole rings is 1. The van der Waals surface area contributed by atoms with Gasteiger partial charge in [0.05, 0.1) is 5.69 Å². The highest BCUT2D eigenvalue weighted by atomic mass is 79.9. The highest BCUT2D eigenvalue weighted by Gasteiger charge is 2.08. The predicted molar refractivity (Wildman–Crippen MR) is 60.4 cm³/mol. The number of nitrogens with two attached hydrogens (primary N) is 1. The minimum absolute atomic E-state index is 0.656. The molecule has 0 aliphatic heterocycles. The molecule has 2 rings (SSSR count). The van der Waals surface area contributed by atoms with E-state index in [1.807, 2.05) is 23.6 Å². The van der Waals surface area contributed by atoms with Crippen LogP contribution in [-0.4, -0.2) is 15.9 Å². The highest BCUT2D eigenvalue weighted by Crippen LogP contribution is 2.20. The molecule has 74 valence electrons. The maximum absolute atomic E-state index is 5.55. The number of rotatable bonds is 2. The number of fused-ring (bicyclic) bond motifs is 1. The van der Waals surface area contributed by atoms with Crippen molar-refractivity contribution < 1.29 is 0 Å². The second-order valence-electron chi connectivity index (χ2n) is 3.25. The Morgan fingerprint density at radius 2 is 2.36 bits per heavy atom. The van der Waals surface area contributed by atoms with Crippen LogP contribution in [0.2, 0.25) is 0 Å². The third-order valence-corrected chi connectivity index (χ3v) is 3.20. The van der Waals surface area contributed by atoms with Gasteiger partial charge in [0.1, 0.15) is 10.3 Å². The van der Waals surface area contributed by atoms with E-state index in [0.717, 1.165) is 22.4 Å². The Morgan fingerprint density at radius 3 is 3.07 bits per heavy atom. The van der Waals surface area contributed by atoms with Crippen LogP contribution in [0.1, 0.15) is 11.3 Å². The molecule has 14 heavy (non-hydrogen) atoms. The summed E-state index contributed by atoms with van der Waals surface area (Å²) in [7, 11) is 0. The summed E-state index contributed by atoms with van der Waals surface area (Å²) in [5.74, 6) is 0. The van der Waals surface area contributed by atoms with Gasteiger partial charge in [0.25, 0.3) is 0 Å². The third-order valence-electron chi connectivity index (χ3n) is 2.25. The van der Waals surface area contributed by atoms with Crippen LogP contribution in [0.25, 0.3) is 5.65 Å². The smallest absolute Gasteiger partial charge is 0.141 e. The molecule has 2 heterocycles. The van der Waals surface area contributed by atoms with Crippen molar-refractivity contribution in [2.75, 3.05) is 6.54 Å². The molecule has 0 atom stereocenters. The minimum Gasteiger partial charge on any atom is -0.330 e. The first-order valence-corrected chi connectivity index (χ1v) is 5.35. The number of aryl methyl sites for hydroxylation is 1. The van der Waals surface area contributed by atoms with Crippen LogP contribution in [0.15, 0.2) is 22.9 Å². The first-order valence-electron chi connectivity index (χ1n) is 4.56. The van der Waals surface area contributed by atoms with Gasteiger partial charge in [-0.1, -0.05) is 6.07 Å². The lowest BCUT2D eigenvalue weighted by molar-refractivity contribution is 0.958. The maximum atomic E-state index is 5.55. The van der Waals surface area contributed by atoms with E-state index < -0.39 is 0 Å². The number of pyridine rings is 1. The summed E-state index contributed by atoms with van der Waals surface area (Å²) in [6.07, 6.45) is 2.87. The molecule has 0 saturated heterocycles. The summed E-state index contributed by atoms with van der Waals surface area (Å²) < 4.78 is 3.06. The van der Waals surface area contributed by atoms with Crippen LogP contribution >= 0.6 is 15.9 Å². The van der Waals surface area contributed by atoms with Gasteiger partial charge < -0.3 is 5.73 Å². The quantitative estimate of drug-likeness (QED) is 0.889. The van der Waals surface area contributed by atoms with Gasteiger partial charge in [-0.3, -0.25) is 4.40 Å². The zero-order valence-corrected chi connectivity index (χ0v) is 9.58. The molecule has 0 aromatic carbocycles. The molecular weight excluding hydrogens is 242 g/mol. The van der Waals surface area contributed by atoms with Crippen LogP contribution in [0.5, 0.6) is 0 Å². The number of aromatic nitrogens is 2. The Labute approximate surface area is 91.1 Å². The first-order chi connectivity index (χ1) is 6.74. The normalized spacial score (nSPS) is 11.1. The van der Waals surface area contributed by atoms with Crippen molar-refractivity contribution in [3.8, 4) is 0 Å². The maximum Gasteiger partial charge on any atom is 0.141 e. The van der Waals surface area contributed by atoms with Crippen LogP contribution in [0.3, 0.4) is 0 Å². The summed E-state index contributed by atoms with van der Waals surface area (Å²) in [6.45, 7) is 2.65. The van der Waals surface area contributed by atoms with Gasteiger partial charge in [0.15, 0.2) is 0 Å². The number of hydrogen-bond acceptors (Lipinski definition) is 2. The van der Waals surface area contributed by atoms with E-state index in [0.29, 0.717) is 6.54 Å². The Hall–Kier alpha value is -0.870. The molecule has 0 saturated carbocycles. The molecule has 0 bridgehead atoms. The standard InChI is InChI=1S/C10H12BrN3/c1-7-9(11)14-6-2-3-8(4-5-12)10(14)13-7/h2-3,6H,4-5,12H2,1H3. The van der Waals surface area contributed by atoms with E-state index >= 15 is 0 Å². The molecule has 3 nitrogen and oxygen atoms in total. The molecule has 2 N–H and O–H groups in total. The molecular formula is C10H12BrN3. The molecule has 0 radical (unpaired) electrons. The van der Waals surface area contributed by atoms with E-state index in [9.17, 15) is 0 Å². The molecule has 0 unspecified atom stereocenters. The Balaban J connectivity index is 2.68. The van der Waals surface area contributed by atoms with E-state index in [2.05, 4.69) is 27.0 Å². The van der Waals surface area contributed by atoms with E-state index in [1.54, 1.807) is 0 Å². The van der Waals surface area contributed by atoms with Crippen molar-refractivity contribution in [2.45, 2.75) is 13.3 Å². The van der Waals surface area contributed by atoms with Crippen LogP contribution in [0, 0.1) is 6.92 Å². The molecule has 0 spiro atoms. The summed E-state index contributed by atoms with van der Waals surface area (Å²) in [6, 6.07) is 4.09. The minimum atomic E-state index is 0.656. The van der Waals surface area contributed by atoms with E-state index in [1.165, 1.54) is 5.56 Å². The Morgan fingerprint density at radius 1 is 1.57 bits per heavy atom. The van der Waals surface area contributed by atoms with Gasteiger partial charge in [0, 0.05) is 6.20 Å². The summed E-state index contributed by atoms with van der Waals surface area (Å²) >= 11 is 3.51. The fourth-order valence-electron chi connectivity index (χ4n) is 1.56. The number of nitrogens with zero attached hydrogens (tertiary/aromatic N) is 2. The SMILES string of the molecule is Cc1nc2c(CCN)cccn2c1Br. The van der Waals surface area contributed by atoms with Crippen molar-refractivity contribution >= 4 is 21.6 Å². The average Bonchev–Trinajstić information content (AvgIpc) is 2.46. The van der Waals surface area contributed by atoms with Crippen LogP contribution < -0.4 is 5.73 Å². The van der Waals surface area contributed by atoms with Gasteiger partial charge in [-0.05, 0) is 47.4 Å². The van der Waals surface area contributed by atoms with Crippen molar-refractivity contribution in [3.05, 3.63) is 34.2 Å². The average molecular weight is 254 g/mol. The van der Waals surface area contributed by atoms with E-state index in [4.69, 9.17) is 5.73 Å². The predicted octanol–water partition coefficient (Wildman–Crippen LogP) is 1.91. The largest absolute Gasteiger partial charge is 0.330 e. The summed E-state index contributed by atoms with van der Waals surface area (Å²) in [5, 5.41) is 0. The summed E-state index contributed by atoms with van der Waals surface area (Å²) in [4.78, 5) is 4.49. The number of hydrogen-bond donors (Lipinski definition) is 1. The third kappa shape index (κ3) is 1.44. The van der Waals surface area contributed by atoms with Crippen LogP contribution in [0.4, 0.5) is 0 Å². The lowest BCUT2D eigenvalue weighted by Crippen LogP contribution is -2.04. The highest BCUT2D eigenvalue weighted by molar-refractivity contribution is 9.10. The molecule has 2 aromatic rings. The molecule has 0 aliphatic carbocycles. The second kappa shape index (κ2) is 3.71. The fourth-order valence-corrected chi connectivity index (χ4v) is 1.93. The molecule has 0 amide bonds. The van der Waals surface area contributed by atoms with Crippen LogP contribution in [-0.2, 0) is 6.42 Å². The van der Waals surface area contributed by atoms with Crippen molar-refractivity contribution in [1.29, 1.82) is 0 Å². The van der Waals surface area contributed by atoms with Crippen molar-refractivity contribution in [2.24, 2.45) is 5.73 Å². The second-order valence-corrected chi connectivity index (χ2v) is 4.00. The zero-order valence-electron chi connectivity index (χ0n) is 8.00.